The highest BCUT2D eigenvalue weighted by Gasteiger charge is 2.27. The zero-order valence-electron chi connectivity index (χ0n) is 16.6. The summed E-state index contributed by atoms with van der Waals surface area (Å²) in [5.41, 5.74) is -0.410. The minimum absolute atomic E-state index is 0.0463. The summed E-state index contributed by atoms with van der Waals surface area (Å²) in [6.45, 7) is 7.11. The van der Waals surface area contributed by atoms with Gasteiger partial charge in [0, 0.05) is 26.2 Å². The van der Waals surface area contributed by atoms with E-state index in [1.54, 1.807) is 4.90 Å². The first kappa shape index (κ1) is 20.3. The Balaban J connectivity index is 1.80. The summed E-state index contributed by atoms with van der Waals surface area (Å²) in [5, 5.41) is 13.7. The third kappa shape index (κ3) is 4.54. The normalized spacial score (nSPS) is 14.4. The van der Waals surface area contributed by atoms with Gasteiger partial charge in [0.2, 0.25) is 0 Å². The monoisotopic (exact) mass is 399 g/mol. The standard InChI is InChI=1S/C20H22FN5O3/c1-20(2,3)29-19(28)25-10-8-24(9-11-25)17-13-23-26(18(27)16(17)12-22)15-6-4-14(21)5-7-15/h4-7,13H,8-11H2,1-3H3. The molecule has 2 aromatic rings. The van der Waals surface area contributed by atoms with Crippen molar-refractivity contribution in [2.24, 2.45) is 0 Å². The lowest BCUT2D eigenvalue weighted by Gasteiger charge is -2.36. The van der Waals surface area contributed by atoms with Crippen LogP contribution < -0.4 is 10.5 Å². The molecule has 9 heteroatoms. The average Bonchev–Trinajstić information content (AvgIpc) is 2.67. The Bertz CT molecular complexity index is 997. The van der Waals surface area contributed by atoms with Crippen LogP contribution in [0.15, 0.2) is 35.3 Å². The second kappa shape index (κ2) is 7.91. The number of aromatic nitrogens is 2. The van der Waals surface area contributed by atoms with Crippen LogP contribution in [0, 0.1) is 17.1 Å². The quantitative estimate of drug-likeness (QED) is 0.770. The van der Waals surface area contributed by atoms with E-state index in [1.165, 1.54) is 30.5 Å². The summed E-state index contributed by atoms with van der Waals surface area (Å²) in [6, 6.07) is 7.24. The van der Waals surface area contributed by atoms with Crippen molar-refractivity contribution in [2.75, 3.05) is 31.1 Å². The number of anilines is 1. The minimum Gasteiger partial charge on any atom is -0.444 e. The van der Waals surface area contributed by atoms with E-state index in [9.17, 15) is 19.2 Å². The van der Waals surface area contributed by atoms with Crippen LogP contribution in [0.5, 0.6) is 0 Å². The summed E-state index contributed by atoms with van der Waals surface area (Å²) >= 11 is 0. The largest absolute Gasteiger partial charge is 0.444 e. The van der Waals surface area contributed by atoms with Gasteiger partial charge in [-0.2, -0.15) is 15.0 Å². The van der Waals surface area contributed by atoms with Gasteiger partial charge in [-0.25, -0.2) is 9.18 Å². The molecule has 0 saturated carbocycles. The first-order chi connectivity index (χ1) is 13.7. The number of amides is 1. The molecule has 0 unspecified atom stereocenters. The first-order valence-electron chi connectivity index (χ1n) is 9.21. The molecular weight excluding hydrogens is 377 g/mol. The molecule has 1 aromatic heterocycles. The van der Waals surface area contributed by atoms with Gasteiger partial charge in [0.05, 0.1) is 17.6 Å². The zero-order chi connectivity index (χ0) is 21.2. The number of halogens is 1. The Morgan fingerprint density at radius 3 is 2.34 bits per heavy atom. The van der Waals surface area contributed by atoms with E-state index in [0.29, 0.717) is 37.6 Å². The number of hydrogen-bond donors (Lipinski definition) is 0. The number of hydrogen-bond acceptors (Lipinski definition) is 6. The van der Waals surface area contributed by atoms with Crippen LogP contribution in [0.25, 0.3) is 5.69 Å². The lowest BCUT2D eigenvalue weighted by atomic mass is 10.2. The lowest BCUT2D eigenvalue weighted by Crippen LogP contribution is -2.50. The number of nitriles is 1. The SMILES string of the molecule is CC(C)(C)OC(=O)N1CCN(c2cnn(-c3ccc(F)cc3)c(=O)c2C#N)CC1. The maximum atomic E-state index is 13.1. The van der Waals surface area contributed by atoms with Gasteiger partial charge < -0.3 is 14.5 Å². The van der Waals surface area contributed by atoms with Gasteiger partial charge in [-0.3, -0.25) is 4.79 Å². The van der Waals surface area contributed by atoms with E-state index >= 15 is 0 Å². The molecule has 8 nitrogen and oxygen atoms in total. The number of benzene rings is 1. The summed E-state index contributed by atoms with van der Waals surface area (Å²) in [6.07, 6.45) is 1.06. The molecule has 0 radical (unpaired) electrons. The van der Waals surface area contributed by atoms with E-state index in [4.69, 9.17) is 4.74 Å². The van der Waals surface area contributed by atoms with Gasteiger partial charge in [0.25, 0.3) is 5.56 Å². The molecule has 29 heavy (non-hydrogen) atoms. The van der Waals surface area contributed by atoms with E-state index in [-0.39, 0.29) is 11.7 Å². The molecule has 1 amide bonds. The van der Waals surface area contributed by atoms with Crippen LogP contribution in [-0.2, 0) is 4.74 Å². The molecule has 3 rings (SSSR count). The van der Waals surface area contributed by atoms with Crippen molar-refractivity contribution in [3.63, 3.8) is 0 Å². The molecule has 1 aliphatic rings. The summed E-state index contributed by atoms with van der Waals surface area (Å²) < 4.78 is 19.6. The molecule has 0 atom stereocenters. The number of carbonyl (C=O) groups is 1. The van der Waals surface area contributed by atoms with Gasteiger partial charge in [0.15, 0.2) is 0 Å². The summed E-state index contributed by atoms with van der Waals surface area (Å²) in [4.78, 5) is 28.4. The van der Waals surface area contributed by atoms with Gasteiger partial charge in [-0.1, -0.05) is 0 Å². The second-order valence-electron chi connectivity index (χ2n) is 7.66. The van der Waals surface area contributed by atoms with E-state index < -0.39 is 17.0 Å². The topological polar surface area (TPSA) is 91.5 Å². The molecule has 0 bridgehead atoms. The van der Waals surface area contributed by atoms with Crippen molar-refractivity contribution in [3.8, 4) is 11.8 Å². The van der Waals surface area contributed by atoms with Crippen LogP contribution in [0.3, 0.4) is 0 Å². The van der Waals surface area contributed by atoms with Gasteiger partial charge in [0.1, 0.15) is 23.1 Å². The maximum Gasteiger partial charge on any atom is 0.410 e. The van der Waals surface area contributed by atoms with Gasteiger partial charge in [-0.05, 0) is 45.0 Å². The fourth-order valence-corrected chi connectivity index (χ4v) is 3.01. The number of carbonyl (C=O) groups excluding carboxylic acids is 1. The third-order valence-electron chi connectivity index (χ3n) is 4.41. The van der Waals surface area contributed by atoms with Crippen LogP contribution in [0.2, 0.25) is 0 Å². The van der Waals surface area contributed by atoms with Crippen LogP contribution >= 0.6 is 0 Å². The molecule has 1 aliphatic heterocycles. The van der Waals surface area contributed by atoms with Crippen molar-refractivity contribution in [3.05, 3.63) is 52.2 Å². The Hall–Kier alpha value is -3.41. The minimum atomic E-state index is -0.578. The van der Waals surface area contributed by atoms with E-state index in [1.807, 2.05) is 31.7 Å². The Morgan fingerprint density at radius 1 is 1.17 bits per heavy atom. The van der Waals surface area contributed by atoms with Crippen molar-refractivity contribution >= 4 is 11.8 Å². The Kier molecular flexibility index (Phi) is 5.55. The molecule has 0 N–H and O–H groups in total. The highest BCUT2D eigenvalue weighted by Crippen LogP contribution is 2.20. The molecule has 0 spiro atoms. The van der Waals surface area contributed by atoms with Crippen molar-refractivity contribution < 1.29 is 13.9 Å². The average molecular weight is 399 g/mol. The summed E-state index contributed by atoms with van der Waals surface area (Å²) in [7, 11) is 0. The predicted octanol–water partition coefficient (Wildman–Crippen LogP) is 2.30. The van der Waals surface area contributed by atoms with Crippen LogP contribution in [-0.4, -0.2) is 52.6 Å². The first-order valence-corrected chi connectivity index (χ1v) is 9.21. The summed E-state index contributed by atoms with van der Waals surface area (Å²) in [5.74, 6) is -0.429. The fraction of sp³-hybridized carbons (Fsp3) is 0.400. The van der Waals surface area contributed by atoms with Gasteiger partial charge >= 0.3 is 6.09 Å². The predicted molar refractivity (Wildman–Crippen MR) is 105 cm³/mol. The molecule has 1 saturated heterocycles. The molecule has 1 fully saturated rings. The molecule has 152 valence electrons. The molecule has 0 aliphatic carbocycles. The van der Waals surface area contributed by atoms with Crippen LogP contribution in [0.1, 0.15) is 26.3 Å². The van der Waals surface area contributed by atoms with Crippen molar-refractivity contribution in [2.45, 2.75) is 26.4 Å². The van der Waals surface area contributed by atoms with E-state index in [2.05, 4.69) is 5.10 Å². The molecule has 2 heterocycles. The highest BCUT2D eigenvalue weighted by molar-refractivity contribution is 5.69. The number of rotatable bonds is 2. The maximum absolute atomic E-state index is 13.1. The van der Waals surface area contributed by atoms with Crippen molar-refractivity contribution in [1.29, 1.82) is 5.26 Å². The number of piperazine rings is 1. The zero-order valence-corrected chi connectivity index (χ0v) is 16.6. The second-order valence-corrected chi connectivity index (χ2v) is 7.66. The highest BCUT2D eigenvalue weighted by atomic mass is 19.1. The van der Waals surface area contributed by atoms with Crippen LogP contribution in [0.4, 0.5) is 14.9 Å². The number of nitrogens with zero attached hydrogens (tertiary/aromatic N) is 5. The number of ether oxygens (including phenoxy) is 1. The fourth-order valence-electron chi connectivity index (χ4n) is 3.01. The Labute approximate surface area is 167 Å². The van der Waals surface area contributed by atoms with E-state index in [0.717, 1.165) is 4.68 Å². The smallest absolute Gasteiger partial charge is 0.410 e. The third-order valence-corrected chi connectivity index (χ3v) is 4.41. The molecule has 1 aromatic carbocycles. The van der Waals surface area contributed by atoms with Crippen molar-refractivity contribution in [1.82, 2.24) is 14.7 Å². The lowest BCUT2D eigenvalue weighted by molar-refractivity contribution is 0.0240. The Morgan fingerprint density at radius 2 is 1.79 bits per heavy atom. The molecular formula is C20H22FN5O3. The van der Waals surface area contributed by atoms with Gasteiger partial charge in [-0.15, -0.1) is 0 Å².